The van der Waals surface area contributed by atoms with Crippen LogP contribution in [-0.4, -0.2) is 38.3 Å². The Morgan fingerprint density at radius 3 is 2.95 bits per heavy atom. The average Bonchev–Trinajstić information content (AvgIpc) is 2.38. The summed E-state index contributed by atoms with van der Waals surface area (Å²) in [5, 5.41) is 3.38. The van der Waals surface area contributed by atoms with Crippen LogP contribution in [0.2, 0.25) is 0 Å². The van der Waals surface area contributed by atoms with Crippen LogP contribution in [0.5, 0.6) is 0 Å². The molecule has 0 radical (unpaired) electrons. The van der Waals surface area contributed by atoms with Crippen molar-refractivity contribution in [2.24, 2.45) is 0 Å². The second-order valence-corrected chi connectivity index (χ2v) is 5.19. The predicted molar refractivity (Wildman–Crippen MR) is 76.4 cm³/mol. The number of rotatable bonds is 3. The number of hydrogen-bond acceptors (Lipinski definition) is 4. The van der Waals surface area contributed by atoms with Gasteiger partial charge in [0.05, 0.1) is 19.6 Å². The molecular weight excluding hydrogens is 240 g/mol. The lowest BCUT2D eigenvalue weighted by Gasteiger charge is -2.42. The molecular formula is C15H22N2O2. The van der Waals surface area contributed by atoms with Gasteiger partial charge >= 0.3 is 5.97 Å². The fourth-order valence-corrected chi connectivity index (χ4v) is 2.72. The lowest BCUT2D eigenvalue weighted by Crippen LogP contribution is -2.57. The van der Waals surface area contributed by atoms with Gasteiger partial charge in [-0.15, -0.1) is 0 Å². The van der Waals surface area contributed by atoms with E-state index < -0.39 is 0 Å². The minimum atomic E-state index is -0.154. The Labute approximate surface area is 114 Å². The molecule has 0 aromatic heterocycles. The fourth-order valence-electron chi connectivity index (χ4n) is 2.72. The molecule has 0 bridgehead atoms. The highest BCUT2D eigenvalue weighted by atomic mass is 16.5. The van der Waals surface area contributed by atoms with E-state index in [1.54, 1.807) is 0 Å². The summed E-state index contributed by atoms with van der Waals surface area (Å²) < 4.78 is 4.80. The molecule has 2 atom stereocenters. The van der Waals surface area contributed by atoms with E-state index in [0.717, 1.165) is 13.1 Å². The van der Waals surface area contributed by atoms with Gasteiger partial charge in [0, 0.05) is 24.8 Å². The second kappa shape index (κ2) is 6.06. The van der Waals surface area contributed by atoms with E-state index in [4.69, 9.17) is 4.74 Å². The van der Waals surface area contributed by atoms with Crippen molar-refractivity contribution in [1.29, 1.82) is 0 Å². The van der Waals surface area contributed by atoms with Crippen molar-refractivity contribution in [2.75, 3.05) is 25.1 Å². The molecule has 1 aromatic rings. The summed E-state index contributed by atoms with van der Waals surface area (Å²) in [5.41, 5.74) is 2.42. The van der Waals surface area contributed by atoms with Crippen LogP contribution in [0.15, 0.2) is 24.3 Å². The molecule has 1 aliphatic heterocycles. The van der Waals surface area contributed by atoms with Crippen LogP contribution < -0.4 is 10.2 Å². The molecule has 2 unspecified atom stereocenters. The smallest absolute Gasteiger partial charge is 0.307 e. The Morgan fingerprint density at radius 1 is 1.47 bits per heavy atom. The molecule has 1 aliphatic rings. The van der Waals surface area contributed by atoms with Gasteiger partial charge in [-0.25, -0.2) is 0 Å². The van der Waals surface area contributed by atoms with Crippen LogP contribution in [0.3, 0.4) is 0 Å². The van der Waals surface area contributed by atoms with Gasteiger partial charge in [-0.1, -0.05) is 12.1 Å². The molecule has 19 heavy (non-hydrogen) atoms. The largest absolute Gasteiger partial charge is 0.469 e. The molecule has 0 saturated carbocycles. The number of carbonyl (C=O) groups excluding carboxylic acids is 1. The first-order valence-corrected chi connectivity index (χ1v) is 6.74. The van der Waals surface area contributed by atoms with Gasteiger partial charge in [0.25, 0.3) is 0 Å². The SMILES string of the molecule is COC(=O)CC1CNCC(C)N1c1cccc(C)c1. The van der Waals surface area contributed by atoms with Crippen molar-refractivity contribution in [1.82, 2.24) is 5.32 Å². The molecule has 1 saturated heterocycles. The van der Waals surface area contributed by atoms with E-state index in [2.05, 4.69) is 48.3 Å². The number of methoxy groups -OCH3 is 1. The monoisotopic (exact) mass is 262 g/mol. The molecule has 1 heterocycles. The zero-order valence-corrected chi connectivity index (χ0v) is 11.8. The number of benzene rings is 1. The highest BCUT2D eigenvalue weighted by molar-refractivity contribution is 5.71. The van der Waals surface area contributed by atoms with E-state index in [9.17, 15) is 4.79 Å². The number of nitrogens with zero attached hydrogens (tertiary/aromatic N) is 1. The Hall–Kier alpha value is -1.55. The standard InChI is InChI=1S/C15H22N2O2/c1-11-5-4-6-13(7-11)17-12(2)9-16-10-14(17)8-15(18)19-3/h4-7,12,14,16H,8-10H2,1-3H3. The minimum Gasteiger partial charge on any atom is -0.469 e. The van der Waals surface area contributed by atoms with Crippen LogP contribution in [0, 0.1) is 6.92 Å². The number of hydrogen-bond donors (Lipinski definition) is 1. The second-order valence-electron chi connectivity index (χ2n) is 5.19. The highest BCUT2D eigenvalue weighted by Gasteiger charge is 2.29. The highest BCUT2D eigenvalue weighted by Crippen LogP contribution is 2.24. The van der Waals surface area contributed by atoms with E-state index >= 15 is 0 Å². The molecule has 0 amide bonds. The number of carbonyl (C=O) groups is 1. The van der Waals surface area contributed by atoms with Crippen LogP contribution in [0.1, 0.15) is 18.9 Å². The van der Waals surface area contributed by atoms with Gasteiger partial charge < -0.3 is 15.0 Å². The van der Waals surface area contributed by atoms with Crippen molar-refractivity contribution in [3.63, 3.8) is 0 Å². The van der Waals surface area contributed by atoms with Crippen LogP contribution >= 0.6 is 0 Å². The molecule has 2 rings (SSSR count). The van der Waals surface area contributed by atoms with Gasteiger partial charge in [0.15, 0.2) is 0 Å². The Kier molecular flexibility index (Phi) is 4.43. The molecule has 1 fully saturated rings. The summed E-state index contributed by atoms with van der Waals surface area (Å²) in [7, 11) is 1.44. The first-order chi connectivity index (χ1) is 9.11. The maximum atomic E-state index is 11.6. The fraction of sp³-hybridized carbons (Fsp3) is 0.533. The van der Waals surface area contributed by atoms with E-state index in [1.807, 2.05) is 0 Å². The van der Waals surface area contributed by atoms with Gasteiger partial charge in [-0.05, 0) is 31.5 Å². The third kappa shape index (κ3) is 3.26. The van der Waals surface area contributed by atoms with E-state index in [-0.39, 0.29) is 12.0 Å². The summed E-state index contributed by atoms with van der Waals surface area (Å²) in [5.74, 6) is -0.154. The van der Waals surface area contributed by atoms with Gasteiger partial charge in [0.2, 0.25) is 0 Å². The predicted octanol–water partition coefficient (Wildman–Crippen LogP) is 1.72. The lowest BCUT2D eigenvalue weighted by molar-refractivity contribution is -0.141. The normalized spacial score (nSPS) is 23.2. The zero-order valence-electron chi connectivity index (χ0n) is 11.8. The number of ether oxygens (including phenoxy) is 1. The van der Waals surface area contributed by atoms with Gasteiger partial charge in [-0.3, -0.25) is 4.79 Å². The Morgan fingerprint density at radius 2 is 2.26 bits per heavy atom. The summed E-state index contributed by atoms with van der Waals surface area (Å²) in [6.07, 6.45) is 0.418. The number of nitrogens with one attached hydrogen (secondary N) is 1. The molecule has 4 nitrogen and oxygen atoms in total. The van der Waals surface area contributed by atoms with Crippen molar-refractivity contribution < 1.29 is 9.53 Å². The summed E-state index contributed by atoms with van der Waals surface area (Å²) in [6, 6.07) is 8.95. The quantitative estimate of drug-likeness (QED) is 0.842. The maximum absolute atomic E-state index is 11.6. The van der Waals surface area contributed by atoms with Crippen molar-refractivity contribution >= 4 is 11.7 Å². The average molecular weight is 262 g/mol. The minimum absolute atomic E-state index is 0.151. The molecule has 1 N–H and O–H groups in total. The number of piperazine rings is 1. The number of aryl methyl sites for hydroxylation is 1. The lowest BCUT2D eigenvalue weighted by atomic mass is 10.0. The molecule has 0 aliphatic carbocycles. The third-order valence-corrected chi connectivity index (χ3v) is 3.62. The van der Waals surface area contributed by atoms with Crippen LogP contribution in [-0.2, 0) is 9.53 Å². The maximum Gasteiger partial charge on any atom is 0.307 e. The molecule has 4 heteroatoms. The summed E-state index contributed by atoms with van der Waals surface area (Å²) in [4.78, 5) is 13.9. The first-order valence-electron chi connectivity index (χ1n) is 6.74. The van der Waals surface area contributed by atoms with Crippen LogP contribution in [0.25, 0.3) is 0 Å². The molecule has 0 spiro atoms. The Balaban J connectivity index is 2.23. The third-order valence-electron chi connectivity index (χ3n) is 3.62. The number of esters is 1. The van der Waals surface area contributed by atoms with E-state index in [0.29, 0.717) is 12.5 Å². The van der Waals surface area contributed by atoms with Crippen molar-refractivity contribution in [3.8, 4) is 0 Å². The van der Waals surface area contributed by atoms with Gasteiger partial charge in [-0.2, -0.15) is 0 Å². The zero-order chi connectivity index (χ0) is 13.8. The molecule has 104 valence electrons. The van der Waals surface area contributed by atoms with Crippen LogP contribution in [0.4, 0.5) is 5.69 Å². The summed E-state index contributed by atoms with van der Waals surface area (Å²) >= 11 is 0. The van der Waals surface area contributed by atoms with Gasteiger partial charge in [0.1, 0.15) is 0 Å². The Bertz CT molecular complexity index is 448. The topological polar surface area (TPSA) is 41.6 Å². The summed E-state index contributed by atoms with van der Waals surface area (Å²) in [6.45, 7) is 6.02. The molecule has 1 aromatic carbocycles. The first kappa shape index (κ1) is 13.9. The van der Waals surface area contributed by atoms with E-state index in [1.165, 1.54) is 18.4 Å². The van der Waals surface area contributed by atoms with Crippen molar-refractivity contribution in [2.45, 2.75) is 32.4 Å². The number of anilines is 1. The van der Waals surface area contributed by atoms with Crippen molar-refractivity contribution in [3.05, 3.63) is 29.8 Å².